The van der Waals surface area contributed by atoms with Crippen molar-refractivity contribution in [1.29, 1.82) is 0 Å². The van der Waals surface area contributed by atoms with Gasteiger partial charge in [0.05, 0.1) is 11.6 Å². The molecule has 2 N–H and O–H groups in total. The van der Waals surface area contributed by atoms with Crippen molar-refractivity contribution >= 4 is 11.6 Å². The number of aliphatic hydroxyl groups excluding tert-OH is 1. The lowest BCUT2D eigenvalue weighted by atomic mass is 10.2. The molecule has 1 aromatic carbocycles. The summed E-state index contributed by atoms with van der Waals surface area (Å²) in [5, 5.41) is 11.3. The van der Waals surface area contributed by atoms with Gasteiger partial charge >= 0.3 is 0 Å². The number of benzene rings is 1. The second kappa shape index (κ2) is 5.26. The van der Waals surface area contributed by atoms with Crippen LogP contribution in [0.15, 0.2) is 12.1 Å². The summed E-state index contributed by atoms with van der Waals surface area (Å²) in [4.78, 5) is 0. The second-order valence-corrected chi connectivity index (χ2v) is 4.34. The fraction of sp³-hybridized carbons (Fsp3) is 0.455. The molecule has 18 heavy (non-hydrogen) atoms. The molecule has 0 bridgehead atoms. The van der Waals surface area contributed by atoms with Crippen molar-refractivity contribution in [2.75, 3.05) is 19.9 Å². The maximum atomic E-state index is 12.8. The van der Waals surface area contributed by atoms with E-state index in [9.17, 15) is 8.78 Å². The van der Waals surface area contributed by atoms with Crippen LogP contribution in [0.4, 0.5) is 8.78 Å². The van der Waals surface area contributed by atoms with Gasteiger partial charge in [-0.15, -0.1) is 0 Å². The number of hydrogen-bond donors (Lipinski definition) is 2. The first kappa shape index (κ1) is 13.3. The van der Waals surface area contributed by atoms with E-state index >= 15 is 0 Å². The fourth-order valence-corrected chi connectivity index (χ4v) is 1.86. The van der Waals surface area contributed by atoms with Crippen LogP contribution in [0.2, 0.25) is 5.02 Å². The SMILES string of the molecule is OCC(F)(F)CNCc1cc(Cl)c2c(c1)OCO2. The van der Waals surface area contributed by atoms with Gasteiger partial charge in [-0.1, -0.05) is 11.6 Å². The maximum absolute atomic E-state index is 12.8. The predicted molar refractivity (Wildman–Crippen MR) is 61.3 cm³/mol. The number of hydrogen-bond acceptors (Lipinski definition) is 4. The van der Waals surface area contributed by atoms with Crippen molar-refractivity contribution < 1.29 is 23.4 Å². The number of ether oxygens (including phenoxy) is 2. The lowest BCUT2D eigenvalue weighted by Crippen LogP contribution is -2.35. The molecule has 0 fully saturated rings. The first-order valence-corrected chi connectivity index (χ1v) is 5.67. The van der Waals surface area contributed by atoms with E-state index in [1.54, 1.807) is 12.1 Å². The van der Waals surface area contributed by atoms with Gasteiger partial charge in [-0.2, -0.15) is 0 Å². The Balaban J connectivity index is 1.97. The summed E-state index contributed by atoms with van der Waals surface area (Å²) in [6.07, 6.45) is 0. The van der Waals surface area contributed by atoms with E-state index in [2.05, 4.69) is 5.32 Å². The lowest BCUT2D eigenvalue weighted by Gasteiger charge is -2.14. The molecule has 0 unspecified atom stereocenters. The van der Waals surface area contributed by atoms with Gasteiger partial charge in [0.2, 0.25) is 6.79 Å². The van der Waals surface area contributed by atoms with Crippen molar-refractivity contribution in [1.82, 2.24) is 5.32 Å². The van der Waals surface area contributed by atoms with Crippen molar-refractivity contribution in [2.24, 2.45) is 0 Å². The van der Waals surface area contributed by atoms with Crippen LogP contribution in [0.1, 0.15) is 5.56 Å². The molecule has 1 aliphatic rings. The number of nitrogens with one attached hydrogen (secondary N) is 1. The Bertz CT molecular complexity index is 443. The average Bonchev–Trinajstić information content (AvgIpc) is 2.77. The van der Waals surface area contributed by atoms with Gasteiger partial charge in [0.25, 0.3) is 5.92 Å². The molecular weight excluding hydrogens is 268 g/mol. The predicted octanol–water partition coefficient (Wildman–Crippen LogP) is 1.79. The summed E-state index contributed by atoms with van der Waals surface area (Å²) >= 11 is 5.95. The first-order chi connectivity index (χ1) is 8.52. The van der Waals surface area contributed by atoms with Crippen LogP contribution >= 0.6 is 11.6 Å². The molecule has 0 atom stereocenters. The first-order valence-electron chi connectivity index (χ1n) is 5.29. The Morgan fingerprint density at radius 1 is 1.39 bits per heavy atom. The molecule has 2 rings (SSSR count). The number of alkyl halides is 2. The van der Waals surface area contributed by atoms with Gasteiger partial charge in [-0.3, -0.25) is 0 Å². The minimum Gasteiger partial charge on any atom is -0.454 e. The molecule has 7 heteroatoms. The zero-order chi connectivity index (χ0) is 13.2. The van der Waals surface area contributed by atoms with E-state index in [-0.39, 0.29) is 13.3 Å². The van der Waals surface area contributed by atoms with Crippen LogP contribution in [-0.2, 0) is 6.54 Å². The molecule has 100 valence electrons. The Morgan fingerprint density at radius 3 is 2.89 bits per heavy atom. The highest BCUT2D eigenvalue weighted by Gasteiger charge is 2.27. The number of rotatable bonds is 5. The Labute approximate surface area is 107 Å². The van der Waals surface area contributed by atoms with Crippen molar-refractivity contribution in [3.63, 3.8) is 0 Å². The summed E-state index contributed by atoms with van der Waals surface area (Å²) in [5.41, 5.74) is 0.706. The number of fused-ring (bicyclic) bond motifs is 1. The standard InChI is InChI=1S/C11H12ClF2NO3/c12-8-1-7(2-9-10(8)18-6-17-9)3-15-4-11(13,14)5-16/h1-2,15-16H,3-6H2. The van der Waals surface area contributed by atoms with Crippen molar-refractivity contribution in [3.05, 3.63) is 22.7 Å². The molecule has 0 spiro atoms. The molecule has 4 nitrogen and oxygen atoms in total. The van der Waals surface area contributed by atoms with Crippen LogP contribution in [-0.4, -0.2) is 31.0 Å². The summed E-state index contributed by atoms with van der Waals surface area (Å²) in [6.45, 7) is -1.47. The van der Waals surface area contributed by atoms with Gasteiger partial charge in [-0.25, -0.2) is 8.78 Å². The molecule has 0 saturated heterocycles. The van der Waals surface area contributed by atoms with Gasteiger partial charge in [0.1, 0.15) is 6.61 Å². The Morgan fingerprint density at radius 2 is 2.17 bits per heavy atom. The summed E-state index contributed by atoms with van der Waals surface area (Å²) in [6, 6.07) is 3.30. The van der Waals surface area contributed by atoms with Crippen LogP contribution in [0, 0.1) is 0 Å². The molecular formula is C11H12ClF2NO3. The van der Waals surface area contributed by atoms with Gasteiger partial charge < -0.3 is 19.9 Å². The highest BCUT2D eigenvalue weighted by atomic mass is 35.5. The van der Waals surface area contributed by atoms with Crippen molar-refractivity contribution in [2.45, 2.75) is 12.5 Å². The zero-order valence-corrected chi connectivity index (χ0v) is 10.1. The molecule has 1 heterocycles. The molecule has 0 amide bonds. The Hall–Kier alpha value is -1.11. The van der Waals surface area contributed by atoms with Crippen molar-refractivity contribution in [3.8, 4) is 11.5 Å². The minimum absolute atomic E-state index is 0.106. The summed E-state index contributed by atoms with van der Waals surface area (Å²) in [5.74, 6) is -2.14. The van der Waals surface area contributed by atoms with Gasteiger partial charge in [0.15, 0.2) is 11.5 Å². The smallest absolute Gasteiger partial charge is 0.282 e. The third kappa shape index (κ3) is 3.01. The van der Waals surface area contributed by atoms with E-state index in [1.165, 1.54) is 0 Å². The fourth-order valence-electron chi connectivity index (χ4n) is 1.57. The third-order valence-electron chi connectivity index (χ3n) is 2.43. The van der Waals surface area contributed by atoms with Gasteiger partial charge in [-0.05, 0) is 17.7 Å². The average molecular weight is 280 g/mol. The topological polar surface area (TPSA) is 50.7 Å². The van der Waals surface area contributed by atoms with E-state index in [0.717, 1.165) is 0 Å². The molecule has 0 radical (unpaired) electrons. The van der Waals surface area contributed by atoms with E-state index in [1.807, 2.05) is 0 Å². The highest BCUT2D eigenvalue weighted by Crippen LogP contribution is 2.39. The quantitative estimate of drug-likeness (QED) is 0.863. The van der Waals surface area contributed by atoms with E-state index < -0.39 is 19.1 Å². The molecule has 0 aliphatic carbocycles. The monoisotopic (exact) mass is 279 g/mol. The Kier molecular flexibility index (Phi) is 3.89. The maximum Gasteiger partial charge on any atom is 0.282 e. The van der Waals surface area contributed by atoms with Crippen LogP contribution < -0.4 is 14.8 Å². The normalized spacial score (nSPS) is 14.0. The van der Waals surface area contributed by atoms with E-state index in [4.69, 9.17) is 26.2 Å². The second-order valence-electron chi connectivity index (χ2n) is 3.93. The zero-order valence-electron chi connectivity index (χ0n) is 9.38. The van der Waals surface area contributed by atoms with E-state index in [0.29, 0.717) is 22.1 Å². The highest BCUT2D eigenvalue weighted by molar-refractivity contribution is 6.32. The molecule has 1 aromatic rings. The molecule has 0 aromatic heterocycles. The van der Waals surface area contributed by atoms with Crippen LogP contribution in [0.25, 0.3) is 0 Å². The minimum atomic E-state index is -3.12. The summed E-state index contributed by atoms with van der Waals surface area (Å²) in [7, 11) is 0. The van der Waals surface area contributed by atoms with Gasteiger partial charge in [0, 0.05) is 6.54 Å². The third-order valence-corrected chi connectivity index (χ3v) is 2.71. The largest absolute Gasteiger partial charge is 0.454 e. The van der Waals surface area contributed by atoms with Crippen LogP contribution in [0.5, 0.6) is 11.5 Å². The lowest BCUT2D eigenvalue weighted by molar-refractivity contribution is -0.0477. The number of halogens is 3. The van der Waals surface area contributed by atoms with Crippen LogP contribution in [0.3, 0.4) is 0 Å². The number of aliphatic hydroxyl groups is 1. The summed E-state index contributed by atoms with van der Waals surface area (Å²) < 4.78 is 35.8. The molecule has 1 aliphatic heterocycles. The molecule has 0 saturated carbocycles.